The molecule has 2 fully saturated rings. The fourth-order valence-corrected chi connectivity index (χ4v) is 3.94. The molecule has 0 spiro atoms. The van der Waals surface area contributed by atoms with Crippen LogP contribution >= 0.6 is 11.6 Å². The van der Waals surface area contributed by atoms with E-state index in [1.807, 2.05) is 18.2 Å². The van der Waals surface area contributed by atoms with Crippen molar-refractivity contribution in [1.82, 2.24) is 0 Å². The van der Waals surface area contributed by atoms with E-state index in [9.17, 15) is 0 Å². The van der Waals surface area contributed by atoms with E-state index in [4.69, 9.17) is 21.1 Å². The molecule has 0 bridgehead atoms. The minimum absolute atomic E-state index is 0.0150. The van der Waals surface area contributed by atoms with E-state index in [0.717, 1.165) is 31.1 Å². The summed E-state index contributed by atoms with van der Waals surface area (Å²) in [6.45, 7) is 5.47. The van der Waals surface area contributed by atoms with Crippen LogP contribution in [0.25, 0.3) is 0 Å². The highest BCUT2D eigenvalue weighted by Crippen LogP contribution is 2.39. The smallest absolute Gasteiger partial charge is 0.160 e. The Hall–Kier alpha value is -0.830. The van der Waals surface area contributed by atoms with Crippen LogP contribution in [0.3, 0.4) is 0 Å². The van der Waals surface area contributed by atoms with Crippen molar-refractivity contribution in [3.8, 4) is 0 Å². The number of halogens is 1. The molecular weight excluding hydrogens is 308 g/mol. The monoisotopic (exact) mass is 334 g/mol. The van der Waals surface area contributed by atoms with Gasteiger partial charge in [-0.2, -0.15) is 0 Å². The van der Waals surface area contributed by atoms with E-state index in [1.54, 1.807) is 0 Å². The molecule has 0 radical (unpaired) electrons. The summed E-state index contributed by atoms with van der Waals surface area (Å²) in [4.78, 5) is 0. The van der Waals surface area contributed by atoms with E-state index >= 15 is 0 Å². The molecule has 23 heavy (non-hydrogen) atoms. The Labute approximate surface area is 144 Å². The van der Waals surface area contributed by atoms with Crippen LogP contribution in [-0.4, -0.2) is 19.5 Å². The molecule has 3 rings (SSSR count). The Morgan fingerprint density at radius 1 is 1.04 bits per heavy atom. The summed E-state index contributed by atoms with van der Waals surface area (Å²) in [5.74, 6) is 1.75. The van der Waals surface area contributed by atoms with Crippen LogP contribution in [0.5, 0.6) is 0 Å². The fraction of sp³-hybridized carbons (Fsp3) is 0.600. The summed E-state index contributed by atoms with van der Waals surface area (Å²) in [6, 6.07) is 8.34. The summed E-state index contributed by atoms with van der Waals surface area (Å²) < 4.78 is 12.0. The van der Waals surface area contributed by atoms with E-state index in [2.05, 4.69) is 18.7 Å². The van der Waals surface area contributed by atoms with Gasteiger partial charge in [-0.05, 0) is 62.1 Å². The lowest BCUT2D eigenvalue weighted by Gasteiger charge is -2.37. The van der Waals surface area contributed by atoms with Crippen LogP contribution in [0.4, 0.5) is 0 Å². The maximum atomic E-state index is 6.01. The number of ether oxygens (including phenoxy) is 2. The van der Waals surface area contributed by atoms with Gasteiger partial charge in [0.2, 0.25) is 0 Å². The predicted octanol–water partition coefficient (Wildman–Crippen LogP) is 5.57. The normalized spacial score (nSPS) is 31.7. The van der Waals surface area contributed by atoms with Crippen molar-refractivity contribution in [2.45, 2.75) is 50.7 Å². The third-order valence-corrected chi connectivity index (χ3v) is 5.52. The maximum absolute atomic E-state index is 6.01. The molecule has 1 aliphatic heterocycles. The van der Waals surface area contributed by atoms with Gasteiger partial charge in [0.1, 0.15) is 0 Å². The van der Waals surface area contributed by atoms with Crippen molar-refractivity contribution in [2.24, 2.45) is 11.8 Å². The van der Waals surface area contributed by atoms with Crippen molar-refractivity contribution in [2.75, 3.05) is 13.2 Å². The van der Waals surface area contributed by atoms with Crippen molar-refractivity contribution >= 4 is 11.6 Å². The average molecular weight is 335 g/mol. The molecule has 1 aromatic rings. The van der Waals surface area contributed by atoms with Gasteiger partial charge in [0, 0.05) is 16.9 Å². The van der Waals surface area contributed by atoms with E-state index < -0.39 is 0 Å². The average Bonchev–Trinajstić information content (AvgIpc) is 2.61. The zero-order valence-corrected chi connectivity index (χ0v) is 14.5. The summed E-state index contributed by atoms with van der Waals surface area (Å²) >= 11 is 5.98. The molecule has 1 saturated carbocycles. The first-order valence-electron chi connectivity index (χ1n) is 8.86. The third kappa shape index (κ3) is 4.59. The Bertz CT molecular complexity index is 483. The Morgan fingerprint density at radius 3 is 2.30 bits per heavy atom. The first-order chi connectivity index (χ1) is 11.3. The lowest BCUT2D eigenvalue weighted by molar-refractivity contribution is -0.229. The number of hydrogen-bond donors (Lipinski definition) is 0. The lowest BCUT2D eigenvalue weighted by atomic mass is 9.78. The molecule has 0 amide bonds. The number of benzene rings is 1. The number of rotatable bonds is 5. The van der Waals surface area contributed by atoms with E-state index in [-0.39, 0.29) is 6.29 Å². The Kier molecular flexibility index (Phi) is 6.15. The van der Waals surface area contributed by atoms with Crippen molar-refractivity contribution in [3.05, 3.63) is 47.5 Å². The third-order valence-electron chi connectivity index (χ3n) is 5.27. The Morgan fingerprint density at radius 2 is 1.70 bits per heavy atom. The zero-order valence-electron chi connectivity index (χ0n) is 13.8. The largest absolute Gasteiger partial charge is 0.352 e. The SMILES string of the molecule is C=CCCC1COC(C2CCC(c3ccc(Cl)cc3)CC2)OC1. The Balaban J connectivity index is 1.44. The molecule has 126 valence electrons. The summed E-state index contributed by atoms with van der Waals surface area (Å²) in [6.07, 6.45) is 8.98. The van der Waals surface area contributed by atoms with E-state index in [0.29, 0.717) is 17.8 Å². The molecule has 3 heteroatoms. The van der Waals surface area contributed by atoms with Crippen molar-refractivity contribution in [3.63, 3.8) is 0 Å². The topological polar surface area (TPSA) is 18.5 Å². The standard InChI is InChI=1S/C20H27ClO2/c1-2-3-4-15-13-22-20(23-14-15)18-7-5-16(6-8-18)17-9-11-19(21)12-10-17/h2,9-12,15-16,18,20H,1,3-8,13-14H2. The first kappa shape index (κ1) is 17.0. The number of hydrogen-bond acceptors (Lipinski definition) is 2. The maximum Gasteiger partial charge on any atom is 0.160 e. The second kappa shape index (κ2) is 8.32. The van der Waals surface area contributed by atoms with Crippen molar-refractivity contribution in [1.29, 1.82) is 0 Å². The van der Waals surface area contributed by atoms with Gasteiger partial charge in [-0.1, -0.05) is 29.8 Å². The first-order valence-corrected chi connectivity index (χ1v) is 9.23. The molecule has 2 aliphatic rings. The quantitative estimate of drug-likeness (QED) is 0.655. The fourth-order valence-electron chi connectivity index (χ4n) is 3.81. The highest BCUT2D eigenvalue weighted by Gasteiger charge is 2.32. The molecule has 0 N–H and O–H groups in total. The molecule has 2 nitrogen and oxygen atoms in total. The zero-order chi connectivity index (χ0) is 16.1. The minimum atomic E-state index is 0.0150. The molecule has 0 unspecified atom stereocenters. The lowest BCUT2D eigenvalue weighted by Crippen LogP contribution is -2.38. The highest BCUT2D eigenvalue weighted by atomic mass is 35.5. The molecular formula is C20H27ClO2. The van der Waals surface area contributed by atoms with Crippen LogP contribution in [0.15, 0.2) is 36.9 Å². The molecule has 1 aromatic carbocycles. The van der Waals surface area contributed by atoms with E-state index in [1.165, 1.54) is 31.2 Å². The van der Waals surface area contributed by atoms with Crippen LogP contribution in [0, 0.1) is 11.8 Å². The van der Waals surface area contributed by atoms with Gasteiger partial charge < -0.3 is 9.47 Å². The van der Waals surface area contributed by atoms with Gasteiger partial charge in [0.25, 0.3) is 0 Å². The molecule has 1 heterocycles. The van der Waals surface area contributed by atoms with Crippen LogP contribution < -0.4 is 0 Å². The molecule has 0 aromatic heterocycles. The molecule has 1 aliphatic carbocycles. The second-order valence-electron chi connectivity index (χ2n) is 6.93. The van der Waals surface area contributed by atoms with Crippen LogP contribution in [0.2, 0.25) is 5.02 Å². The number of allylic oxidation sites excluding steroid dienone is 1. The van der Waals surface area contributed by atoms with Crippen LogP contribution in [0.1, 0.15) is 50.0 Å². The summed E-state index contributed by atoms with van der Waals surface area (Å²) in [5.41, 5.74) is 1.42. The second-order valence-corrected chi connectivity index (χ2v) is 7.37. The van der Waals surface area contributed by atoms with Crippen molar-refractivity contribution < 1.29 is 9.47 Å². The molecule has 0 atom stereocenters. The van der Waals surface area contributed by atoms with Gasteiger partial charge >= 0.3 is 0 Å². The van der Waals surface area contributed by atoms with Gasteiger partial charge in [-0.3, -0.25) is 0 Å². The predicted molar refractivity (Wildman–Crippen MR) is 94.8 cm³/mol. The van der Waals surface area contributed by atoms with Gasteiger partial charge in [0.15, 0.2) is 6.29 Å². The summed E-state index contributed by atoms with van der Waals surface area (Å²) in [5, 5.41) is 0.817. The van der Waals surface area contributed by atoms with Gasteiger partial charge in [0.05, 0.1) is 13.2 Å². The minimum Gasteiger partial charge on any atom is -0.352 e. The highest BCUT2D eigenvalue weighted by molar-refractivity contribution is 6.30. The summed E-state index contributed by atoms with van der Waals surface area (Å²) in [7, 11) is 0. The van der Waals surface area contributed by atoms with Crippen LogP contribution in [-0.2, 0) is 9.47 Å². The molecule has 1 saturated heterocycles. The van der Waals surface area contributed by atoms with Gasteiger partial charge in [-0.25, -0.2) is 0 Å². The van der Waals surface area contributed by atoms with Gasteiger partial charge in [-0.15, -0.1) is 6.58 Å².